The Morgan fingerprint density at radius 2 is 1.80 bits per heavy atom. The van der Waals surface area contributed by atoms with Gasteiger partial charge in [-0.2, -0.15) is 0 Å². The van der Waals surface area contributed by atoms with Crippen molar-refractivity contribution < 1.29 is 9.60 Å². The van der Waals surface area contributed by atoms with E-state index in [4.69, 9.17) is 16.8 Å². The van der Waals surface area contributed by atoms with Crippen LogP contribution in [0.4, 0.5) is 4.39 Å². The van der Waals surface area contributed by atoms with E-state index in [1.165, 1.54) is 6.07 Å². The molecule has 2 rings (SSSR count). The van der Waals surface area contributed by atoms with Crippen molar-refractivity contribution in [2.45, 2.75) is 0 Å². The summed E-state index contributed by atoms with van der Waals surface area (Å²) >= 11 is 5.56. The summed E-state index contributed by atoms with van der Waals surface area (Å²) in [5.41, 5.74) is 0.0952. The zero-order valence-corrected chi connectivity index (χ0v) is 8.37. The van der Waals surface area contributed by atoms with Crippen LogP contribution in [0.25, 0.3) is 10.8 Å². The van der Waals surface area contributed by atoms with Gasteiger partial charge in [0.05, 0.1) is 5.56 Å². The molecule has 2 nitrogen and oxygen atoms in total. The topological polar surface area (TPSA) is 32.6 Å². The first-order valence-corrected chi connectivity index (χ1v) is 4.66. The second-order valence-electron chi connectivity index (χ2n) is 3.07. The molecule has 15 heavy (non-hydrogen) atoms. The zero-order chi connectivity index (χ0) is 10.8. The molecule has 2 aromatic rings. The molecule has 0 bridgehead atoms. The Balaban J connectivity index is 2.72. The van der Waals surface area contributed by atoms with Gasteiger partial charge in [-0.25, -0.2) is 4.39 Å². The summed E-state index contributed by atoms with van der Waals surface area (Å²) in [5, 5.41) is 12.6. The third-order valence-corrected chi connectivity index (χ3v) is 2.42. The summed E-state index contributed by atoms with van der Waals surface area (Å²) in [5.74, 6) is -0.503. The quantitative estimate of drug-likeness (QED) is 0.449. The molecule has 0 aromatic heterocycles. The number of fused-ring (bicyclic) bond motifs is 1. The first-order valence-electron chi connectivity index (χ1n) is 4.28. The van der Waals surface area contributed by atoms with Crippen LogP contribution in [0.15, 0.2) is 41.6 Å². The Morgan fingerprint density at radius 3 is 2.40 bits per heavy atom. The van der Waals surface area contributed by atoms with Crippen LogP contribution < -0.4 is 0 Å². The summed E-state index contributed by atoms with van der Waals surface area (Å²) in [4.78, 5) is 0. The van der Waals surface area contributed by atoms with Crippen LogP contribution >= 0.6 is 11.6 Å². The van der Waals surface area contributed by atoms with Crippen LogP contribution in [0.5, 0.6) is 0 Å². The molecule has 4 heteroatoms. The van der Waals surface area contributed by atoms with Gasteiger partial charge in [-0.05, 0) is 22.9 Å². The fourth-order valence-electron chi connectivity index (χ4n) is 1.42. The van der Waals surface area contributed by atoms with Crippen molar-refractivity contribution in [3.63, 3.8) is 0 Å². The van der Waals surface area contributed by atoms with Gasteiger partial charge in [0.1, 0.15) is 5.82 Å². The molecule has 0 amide bonds. The van der Waals surface area contributed by atoms with Crippen LogP contribution in [0.1, 0.15) is 5.56 Å². The van der Waals surface area contributed by atoms with E-state index in [9.17, 15) is 4.39 Å². The summed E-state index contributed by atoms with van der Waals surface area (Å²) < 4.78 is 13.5. The number of oxime groups is 1. The van der Waals surface area contributed by atoms with Crippen LogP contribution in [0, 0.1) is 5.82 Å². The second-order valence-corrected chi connectivity index (χ2v) is 3.43. The van der Waals surface area contributed by atoms with Gasteiger partial charge in [-0.1, -0.05) is 41.0 Å². The highest BCUT2D eigenvalue weighted by molar-refractivity contribution is 6.69. The Morgan fingerprint density at radius 1 is 1.20 bits per heavy atom. The molecule has 2 aromatic carbocycles. The van der Waals surface area contributed by atoms with Gasteiger partial charge < -0.3 is 5.21 Å². The normalized spacial score (nSPS) is 12.0. The van der Waals surface area contributed by atoms with Crippen molar-refractivity contribution in [2.75, 3.05) is 0 Å². The third kappa shape index (κ3) is 1.78. The molecule has 0 unspecified atom stereocenters. The first-order chi connectivity index (χ1) is 7.22. The Labute approximate surface area is 90.6 Å². The molecular formula is C11H7ClFNO. The lowest BCUT2D eigenvalue weighted by Crippen LogP contribution is -1.96. The van der Waals surface area contributed by atoms with Crippen molar-refractivity contribution in [1.82, 2.24) is 0 Å². The van der Waals surface area contributed by atoms with E-state index in [0.717, 1.165) is 10.8 Å². The minimum absolute atomic E-state index is 0.0952. The summed E-state index contributed by atoms with van der Waals surface area (Å²) in [6.07, 6.45) is 0. The largest absolute Gasteiger partial charge is 0.410 e. The molecule has 1 N–H and O–H groups in total. The predicted molar refractivity (Wildman–Crippen MR) is 58.1 cm³/mol. The van der Waals surface area contributed by atoms with E-state index in [0.29, 0.717) is 0 Å². The minimum Gasteiger partial charge on any atom is -0.410 e. The second kappa shape index (κ2) is 3.87. The van der Waals surface area contributed by atoms with E-state index >= 15 is 0 Å². The van der Waals surface area contributed by atoms with Gasteiger partial charge in [-0.15, -0.1) is 0 Å². The van der Waals surface area contributed by atoms with E-state index in [2.05, 4.69) is 5.16 Å². The van der Waals surface area contributed by atoms with Crippen LogP contribution in [0.3, 0.4) is 0 Å². The van der Waals surface area contributed by atoms with Crippen LogP contribution in [-0.2, 0) is 0 Å². The van der Waals surface area contributed by atoms with E-state index in [1.807, 2.05) is 18.2 Å². The molecule has 0 saturated carbocycles. The summed E-state index contributed by atoms with van der Waals surface area (Å²) in [7, 11) is 0. The highest BCUT2D eigenvalue weighted by atomic mass is 35.5. The first kappa shape index (κ1) is 9.93. The highest BCUT2D eigenvalue weighted by Crippen LogP contribution is 2.20. The highest BCUT2D eigenvalue weighted by Gasteiger charge is 2.09. The molecule has 0 radical (unpaired) electrons. The Hall–Kier alpha value is -1.61. The van der Waals surface area contributed by atoms with Crippen molar-refractivity contribution in [2.24, 2.45) is 5.16 Å². The fourth-order valence-corrected chi connectivity index (χ4v) is 1.57. The van der Waals surface area contributed by atoms with Gasteiger partial charge in [0.2, 0.25) is 0 Å². The molecule has 0 aliphatic heterocycles. The van der Waals surface area contributed by atoms with Gasteiger partial charge >= 0.3 is 0 Å². The molecule has 0 aliphatic rings. The number of hydrogen-bond acceptors (Lipinski definition) is 2. The van der Waals surface area contributed by atoms with Gasteiger partial charge in [0, 0.05) is 0 Å². The van der Waals surface area contributed by atoms with Gasteiger partial charge in [0.15, 0.2) is 5.17 Å². The van der Waals surface area contributed by atoms with Crippen LogP contribution in [-0.4, -0.2) is 10.4 Å². The zero-order valence-electron chi connectivity index (χ0n) is 7.61. The molecule has 0 atom stereocenters. The number of halogens is 2. The number of hydrogen-bond donors (Lipinski definition) is 1. The maximum absolute atomic E-state index is 13.5. The van der Waals surface area contributed by atoms with E-state index < -0.39 is 5.82 Å². The van der Waals surface area contributed by atoms with E-state index in [-0.39, 0.29) is 10.7 Å². The maximum atomic E-state index is 13.5. The Bertz CT molecular complexity index is 539. The molecule has 0 fully saturated rings. The number of benzene rings is 2. The Kier molecular flexibility index (Phi) is 2.56. The minimum atomic E-state index is -0.503. The molecular weight excluding hydrogens is 217 g/mol. The van der Waals surface area contributed by atoms with Gasteiger partial charge in [0.25, 0.3) is 0 Å². The molecule has 0 saturated heterocycles. The lowest BCUT2D eigenvalue weighted by Gasteiger charge is -2.02. The molecule has 76 valence electrons. The SMILES string of the molecule is ON=C(Cl)c1cc2ccccc2cc1F. The van der Waals surface area contributed by atoms with Gasteiger partial charge in [-0.3, -0.25) is 0 Å². The lowest BCUT2D eigenvalue weighted by atomic mass is 10.1. The number of nitrogens with zero attached hydrogens (tertiary/aromatic N) is 1. The predicted octanol–water partition coefficient (Wildman–Crippen LogP) is 3.35. The monoisotopic (exact) mass is 223 g/mol. The van der Waals surface area contributed by atoms with E-state index in [1.54, 1.807) is 12.1 Å². The van der Waals surface area contributed by atoms with Crippen molar-refractivity contribution in [3.8, 4) is 0 Å². The van der Waals surface area contributed by atoms with Crippen molar-refractivity contribution in [3.05, 3.63) is 47.8 Å². The fraction of sp³-hybridized carbons (Fsp3) is 0. The van der Waals surface area contributed by atoms with Crippen molar-refractivity contribution in [1.29, 1.82) is 0 Å². The molecule has 0 aliphatic carbocycles. The number of rotatable bonds is 1. The molecule has 0 spiro atoms. The molecule has 0 heterocycles. The van der Waals surface area contributed by atoms with Crippen molar-refractivity contribution >= 4 is 27.5 Å². The summed E-state index contributed by atoms with van der Waals surface area (Å²) in [6.45, 7) is 0. The summed E-state index contributed by atoms with van der Waals surface area (Å²) in [6, 6.07) is 10.2. The average molecular weight is 224 g/mol. The lowest BCUT2D eigenvalue weighted by molar-refractivity contribution is 0.320. The standard InChI is InChI=1S/C11H7ClFNO/c12-11(14-15)9-5-7-3-1-2-4-8(7)6-10(9)13/h1-6,15H. The third-order valence-electron chi connectivity index (χ3n) is 2.15. The maximum Gasteiger partial charge on any atom is 0.178 e. The smallest absolute Gasteiger partial charge is 0.178 e. The van der Waals surface area contributed by atoms with Crippen LogP contribution in [0.2, 0.25) is 0 Å². The average Bonchev–Trinajstić information content (AvgIpc) is 2.27.